The van der Waals surface area contributed by atoms with E-state index in [1.165, 1.54) is 0 Å². The van der Waals surface area contributed by atoms with Crippen LogP contribution in [0.15, 0.2) is 48.5 Å². The number of rotatable bonds is 5. The van der Waals surface area contributed by atoms with E-state index in [4.69, 9.17) is 10.00 Å². The number of benzene rings is 2. The predicted molar refractivity (Wildman–Crippen MR) is 97.4 cm³/mol. The van der Waals surface area contributed by atoms with Crippen molar-refractivity contribution in [2.45, 2.75) is 25.5 Å². The number of nitrogens with zero attached hydrogens (tertiary/aromatic N) is 2. The van der Waals surface area contributed by atoms with Gasteiger partial charge in [0.05, 0.1) is 17.7 Å². The van der Waals surface area contributed by atoms with Crippen molar-refractivity contribution in [1.29, 1.82) is 5.26 Å². The first-order valence-electron chi connectivity index (χ1n) is 8.33. The van der Waals surface area contributed by atoms with Crippen molar-refractivity contribution < 1.29 is 9.53 Å². The van der Waals surface area contributed by atoms with Crippen LogP contribution in [0.2, 0.25) is 0 Å². The van der Waals surface area contributed by atoms with Crippen LogP contribution < -0.4 is 10.2 Å². The second-order valence-electron chi connectivity index (χ2n) is 6.14. The van der Waals surface area contributed by atoms with Crippen LogP contribution in [0.1, 0.15) is 30.6 Å². The van der Waals surface area contributed by atoms with Gasteiger partial charge in [0.1, 0.15) is 6.04 Å². The Kier molecular flexibility index (Phi) is 5.01. The zero-order valence-corrected chi connectivity index (χ0v) is 14.4. The van der Waals surface area contributed by atoms with E-state index < -0.39 is 0 Å². The van der Waals surface area contributed by atoms with Crippen LogP contribution in [-0.2, 0) is 9.53 Å². The largest absolute Gasteiger partial charge is 0.377 e. The van der Waals surface area contributed by atoms with E-state index in [1.807, 2.05) is 43.3 Å². The van der Waals surface area contributed by atoms with Gasteiger partial charge in [-0.3, -0.25) is 4.79 Å². The first kappa shape index (κ1) is 17.0. The van der Waals surface area contributed by atoms with Crippen molar-refractivity contribution in [2.24, 2.45) is 0 Å². The van der Waals surface area contributed by atoms with Gasteiger partial charge >= 0.3 is 0 Å². The lowest BCUT2D eigenvalue weighted by Gasteiger charge is -2.18. The zero-order valence-electron chi connectivity index (χ0n) is 14.4. The van der Waals surface area contributed by atoms with Crippen LogP contribution in [0, 0.1) is 11.3 Å². The van der Waals surface area contributed by atoms with Gasteiger partial charge < -0.3 is 15.0 Å². The molecule has 0 radical (unpaired) electrons. The van der Waals surface area contributed by atoms with Crippen LogP contribution in [0.25, 0.3) is 0 Å². The lowest BCUT2D eigenvalue weighted by molar-refractivity contribution is -0.117. The maximum Gasteiger partial charge on any atom is 0.249 e. The summed E-state index contributed by atoms with van der Waals surface area (Å²) in [5.41, 5.74) is 3.41. The first-order chi connectivity index (χ1) is 12.1. The summed E-state index contributed by atoms with van der Waals surface area (Å²) in [6.45, 7) is 2.66. The molecule has 25 heavy (non-hydrogen) atoms. The van der Waals surface area contributed by atoms with Crippen LogP contribution in [-0.4, -0.2) is 25.6 Å². The fourth-order valence-corrected chi connectivity index (χ4v) is 3.00. The summed E-state index contributed by atoms with van der Waals surface area (Å²) in [5, 5.41) is 12.2. The molecule has 1 heterocycles. The molecule has 2 aromatic rings. The number of ether oxygens (including phenoxy) is 1. The van der Waals surface area contributed by atoms with E-state index in [-0.39, 0.29) is 18.1 Å². The number of nitrogens with one attached hydrogen (secondary N) is 1. The van der Waals surface area contributed by atoms with Crippen molar-refractivity contribution in [3.05, 3.63) is 59.7 Å². The lowest BCUT2D eigenvalue weighted by atomic mass is 10.1. The average Bonchev–Trinajstić information content (AvgIpc) is 3.02. The highest BCUT2D eigenvalue weighted by Gasteiger charge is 2.32. The quantitative estimate of drug-likeness (QED) is 0.908. The van der Waals surface area contributed by atoms with Crippen LogP contribution in [0.4, 0.5) is 11.4 Å². The van der Waals surface area contributed by atoms with E-state index in [0.29, 0.717) is 12.1 Å². The molecule has 3 rings (SSSR count). The summed E-state index contributed by atoms with van der Waals surface area (Å²) in [4.78, 5) is 14.5. The molecule has 1 N–H and O–H groups in total. The molecular weight excluding hydrogens is 314 g/mol. The molecule has 1 aliphatic rings. The van der Waals surface area contributed by atoms with E-state index in [1.54, 1.807) is 24.1 Å². The van der Waals surface area contributed by atoms with Gasteiger partial charge in [-0.1, -0.05) is 12.1 Å². The molecule has 128 valence electrons. The van der Waals surface area contributed by atoms with Crippen LogP contribution >= 0.6 is 0 Å². The summed E-state index contributed by atoms with van der Waals surface area (Å²) < 4.78 is 5.35. The highest BCUT2D eigenvalue weighted by Crippen LogP contribution is 2.25. The van der Waals surface area contributed by atoms with Gasteiger partial charge in [-0.05, 0) is 55.3 Å². The molecule has 1 aliphatic heterocycles. The summed E-state index contributed by atoms with van der Waals surface area (Å²) in [6.07, 6.45) is 0.749. The molecule has 1 saturated heterocycles. The highest BCUT2D eigenvalue weighted by atomic mass is 16.5. The smallest absolute Gasteiger partial charge is 0.249 e. The summed E-state index contributed by atoms with van der Waals surface area (Å²) in [6, 6.07) is 16.9. The van der Waals surface area contributed by atoms with Gasteiger partial charge in [0.25, 0.3) is 0 Å². The monoisotopic (exact) mass is 335 g/mol. The molecule has 1 fully saturated rings. The van der Waals surface area contributed by atoms with E-state index in [2.05, 4.69) is 11.4 Å². The standard InChI is InChI=1S/C20H21N3O2/c1-14(25-2)16-4-3-5-17(12-16)22-19-10-11-23(20(19)24)18-8-6-15(13-21)7-9-18/h3-9,12,14,19,22H,10-11H2,1-2H3/t14-,19+/m0/s1. The molecule has 0 bridgehead atoms. The minimum absolute atomic E-state index is 0.0103. The molecular formula is C20H21N3O2. The topological polar surface area (TPSA) is 65.4 Å². The van der Waals surface area contributed by atoms with E-state index in [0.717, 1.165) is 23.4 Å². The number of hydrogen-bond acceptors (Lipinski definition) is 4. The first-order valence-corrected chi connectivity index (χ1v) is 8.33. The Morgan fingerprint density at radius 3 is 2.72 bits per heavy atom. The summed E-state index contributed by atoms with van der Waals surface area (Å²) >= 11 is 0. The van der Waals surface area contributed by atoms with Gasteiger partial charge in [-0.25, -0.2) is 0 Å². The third-order valence-corrected chi connectivity index (χ3v) is 4.56. The van der Waals surface area contributed by atoms with Gasteiger partial charge in [0.2, 0.25) is 5.91 Å². The number of amides is 1. The lowest BCUT2D eigenvalue weighted by Crippen LogP contribution is -2.33. The molecule has 0 spiro atoms. The SMILES string of the molecule is CO[C@@H](C)c1cccc(N[C@@H]2CCN(c3ccc(C#N)cc3)C2=O)c1. The number of carbonyl (C=O) groups excluding carboxylic acids is 1. The maximum atomic E-state index is 12.7. The normalized spacial score (nSPS) is 18.0. The molecule has 0 aromatic heterocycles. The number of anilines is 2. The molecule has 5 nitrogen and oxygen atoms in total. The number of carbonyl (C=O) groups is 1. The summed E-state index contributed by atoms with van der Waals surface area (Å²) in [7, 11) is 1.68. The Labute approximate surface area is 147 Å². The third kappa shape index (κ3) is 3.65. The Hall–Kier alpha value is -2.84. The minimum Gasteiger partial charge on any atom is -0.377 e. The Morgan fingerprint density at radius 1 is 1.28 bits per heavy atom. The second kappa shape index (κ2) is 7.37. The summed E-state index contributed by atoms with van der Waals surface area (Å²) in [5.74, 6) is 0.0508. The Bertz CT molecular complexity index is 795. The van der Waals surface area contributed by atoms with Crippen molar-refractivity contribution >= 4 is 17.3 Å². The molecule has 0 aliphatic carbocycles. The van der Waals surface area contributed by atoms with Crippen LogP contribution in [0.5, 0.6) is 0 Å². The van der Waals surface area contributed by atoms with Gasteiger partial charge in [0, 0.05) is 25.0 Å². The second-order valence-corrected chi connectivity index (χ2v) is 6.14. The van der Waals surface area contributed by atoms with Crippen molar-refractivity contribution in [2.75, 3.05) is 23.9 Å². The Morgan fingerprint density at radius 2 is 2.04 bits per heavy atom. The predicted octanol–water partition coefficient (Wildman–Crippen LogP) is 3.48. The zero-order chi connectivity index (χ0) is 17.8. The number of methoxy groups -OCH3 is 1. The molecule has 2 aromatic carbocycles. The van der Waals surface area contributed by atoms with Gasteiger partial charge in [0.15, 0.2) is 0 Å². The van der Waals surface area contributed by atoms with Crippen molar-refractivity contribution in [3.63, 3.8) is 0 Å². The maximum absolute atomic E-state index is 12.7. The van der Waals surface area contributed by atoms with Crippen molar-refractivity contribution in [3.8, 4) is 6.07 Å². The molecule has 2 atom stereocenters. The van der Waals surface area contributed by atoms with Crippen molar-refractivity contribution in [1.82, 2.24) is 0 Å². The molecule has 5 heteroatoms. The fourth-order valence-electron chi connectivity index (χ4n) is 3.00. The van der Waals surface area contributed by atoms with Gasteiger partial charge in [-0.2, -0.15) is 5.26 Å². The average molecular weight is 335 g/mol. The number of nitriles is 1. The number of hydrogen-bond donors (Lipinski definition) is 1. The molecule has 1 amide bonds. The Balaban J connectivity index is 1.71. The van der Waals surface area contributed by atoms with Crippen LogP contribution in [0.3, 0.4) is 0 Å². The minimum atomic E-state index is -0.247. The highest BCUT2D eigenvalue weighted by molar-refractivity contribution is 6.01. The van der Waals surface area contributed by atoms with E-state index >= 15 is 0 Å². The molecule has 0 saturated carbocycles. The fraction of sp³-hybridized carbons (Fsp3) is 0.300. The van der Waals surface area contributed by atoms with E-state index in [9.17, 15) is 4.79 Å². The van der Waals surface area contributed by atoms with Gasteiger partial charge in [-0.15, -0.1) is 0 Å². The third-order valence-electron chi connectivity index (χ3n) is 4.56. The molecule has 0 unspecified atom stereocenters.